The Morgan fingerprint density at radius 1 is 1.39 bits per heavy atom. The van der Waals surface area contributed by atoms with Crippen molar-refractivity contribution in [2.45, 2.75) is 13.0 Å². The lowest BCUT2D eigenvalue weighted by molar-refractivity contribution is 0.0641. The average molecular weight is 250 g/mol. The SMILES string of the molecule is Cc1cccc(OC[C@H](O)CN2CCNCC2)c1. The molecule has 1 aliphatic rings. The van der Waals surface area contributed by atoms with Gasteiger partial charge in [0.25, 0.3) is 0 Å². The summed E-state index contributed by atoms with van der Waals surface area (Å²) >= 11 is 0. The van der Waals surface area contributed by atoms with E-state index in [0.717, 1.165) is 31.9 Å². The highest BCUT2D eigenvalue weighted by Gasteiger charge is 2.14. The highest BCUT2D eigenvalue weighted by Crippen LogP contribution is 2.12. The van der Waals surface area contributed by atoms with Crippen LogP contribution in [0, 0.1) is 6.92 Å². The molecule has 100 valence electrons. The molecule has 1 heterocycles. The number of benzene rings is 1. The van der Waals surface area contributed by atoms with Crippen LogP contribution in [0.4, 0.5) is 0 Å². The van der Waals surface area contributed by atoms with Gasteiger partial charge in [-0.15, -0.1) is 0 Å². The quantitative estimate of drug-likeness (QED) is 0.805. The van der Waals surface area contributed by atoms with E-state index in [1.807, 2.05) is 31.2 Å². The fourth-order valence-corrected chi connectivity index (χ4v) is 2.14. The summed E-state index contributed by atoms with van der Waals surface area (Å²) in [7, 11) is 0. The summed E-state index contributed by atoms with van der Waals surface area (Å²) in [5.74, 6) is 0.828. The van der Waals surface area contributed by atoms with Crippen LogP contribution in [-0.2, 0) is 0 Å². The predicted molar refractivity (Wildman–Crippen MR) is 72.0 cm³/mol. The first kappa shape index (κ1) is 13.3. The minimum absolute atomic E-state index is 0.355. The Bertz CT molecular complexity index is 365. The fourth-order valence-electron chi connectivity index (χ4n) is 2.14. The Hall–Kier alpha value is -1.10. The molecule has 0 bridgehead atoms. The zero-order chi connectivity index (χ0) is 12.8. The van der Waals surface area contributed by atoms with Gasteiger partial charge in [-0.1, -0.05) is 12.1 Å². The number of nitrogens with one attached hydrogen (secondary N) is 1. The van der Waals surface area contributed by atoms with Crippen LogP contribution in [0.1, 0.15) is 5.56 Å². The number of rotatable bonds is 5. The summed E-state index contributed by atoms with van der Waals surface area (Å²) in [5, 5.41) is 13.2. The zero-order valence-corrected chi connectivity index (χ0v) is 10.9. The molecule has 4 nitrogen and oxygen atoms in total. The van der Waals surface area contributed by atoms with Crippen molar-refractivity contribution in [1.82, 2.24) is 10.2 Å². The molecule has 2 rings (SSSR count). The monoisotopic (exact) mass is 250 g/mol. The van der Waals surface area contributed by atoms with Gasteiger partial charge in [0, 0.05) is 32.7 Å². The van der Waals surface area contributed by atoms with Crippen molar-refractivity contribution in [3.8, 4) is 5.75 Å². The molecule has 0 saturated carbocycles. The van der Waals surface area contributed by atoms with Crippen LogP contribution < -0.4 is 10.1 Å². The first-order valence-corrected chi connectivity index (χ1v) is 6.54. The number of nitrogens with zero attached hydrogens (tertiary/aromatic N) is 1. The Morgan fingerprint density at radius 3 is 2.89 bits per heavy atom. The number of β-amino-alcohol motifs (C(OH)–C–C–N with tert-alkyl or cyclic N) is 1. The van der Waals surface area contributed by atoms with Gasteiger partial charge in [-0.2, -0.15) is 0 Å². The second-order valence-electron chi connectivity index (χ2n) is 4.83. The molecule has 0 radical (unpaired) electrons. The first-order valence-electron chi connectivity index (χ1n) is 6.54. The lowest BCUT2D eigenvalue weighted by atomic mass is 10.2. The van der Waals surface area contributed by atoms with Gasteiger partial charge in [0.1, 0.15) is 18.5 Å². The van der Waals surface area contributed by atoms with Crippen molar-refractivity contribution in [2.24, 2.45) is 0 Å². The molecule has 4 heteroatoms. The molecule has 1 saturated heterocycles. The molecular weight excluding hydrogens is 228 g/mol. The average Bonchev–Trinajstić information content (AvgIpc) is 2.38. The van der Waals surface area contributed by atoms with Crippen LogP contribution >= 0.6 is 0 Å². The number of piperazine rings is 1. The van der Waals surface area contributed by atoms with Gasteiger partial charge in [-0.3, -0.25) is 4.90 Å². The summed E-state index contributed by atoms with van der Waals surface area (Å²) < 4.78 is 5.60. The molecule has 1 fully saturated rings. The van der Waals surface area contributed by atoms with Gasteiger partial charge >= 0.3 is 0 Å². The largest absolute Gasteiger partial charge is 0.491 e. The molecule has 1 aromatic carbocycles. The third-order valence-electron chi connectivity index (χ3n) is 3.11. The minimum atomic E-state index is -0.427. The molecule has 18 heavy (non-hydrogen) atoms. The molecule has 0 unspecified atom stereocenters. The van der Waals surface area contributed by atoms with Gasteiger partial charge in [-0.25, -0.2) is 0 Å². The van der Waals surface area contributed by atoms with E-state index >= 15 is 0 Å². The number of ether oxygens (including phenoxy) is 1. The summed E-state index contributed by atoms with van der Waals surface area (Å²) in [6, 6.07) is 7.90. The van der Waals surface area contributed by atoms with Crippen LogP contribution in [0.5, 0.6) is 5.75 Å². The molecule has 0 aliphatic carbocycles. The zero-order valence-electron chi connectivity index (χ0n) is 10.9. The van der Waals surface area contributed by atoms with Gasteiger partial charge in [0.05, 0.1) is 0 Å². The van der Waals surface area contributed by atoms with Crippen LogP contribution in [0.3, 0.4) is 0 Å². The smallest absolute Gasteiger partial charge is 0.119 e. The van der Waals surface area contributed by atoms with E-state index in [4.69, 9.17) is 4.74 Å². The normalized spacial score (nSPS) is 18.6. The van der Waals surface area contributed by atoms with Crippen molar-refractivity contribution in [2.75, 3.05) is 39.3 Å². The Kier molecular flexibility index (Phi) is 4.99. The fraction of sp³-hybridized carbons (Fsp3) is 0.571. The van der Waals surface area contributed by atoms with Crippen LogP contribution in [-0.4, -0.2) is 55.4 Å². The first-order chi connectivity index (χ1) is 8.74. The molecule has 0 amide bonds. The maximum Gasteiger partial charge on any atom is 0.119 e. The number of hydrogen-bond acceptors (Lipinski definition) is 4. The molecule has 1 aromatic rings. The van der Waals surface area contributed by atoms with Crippen LogP contribution in [0.2, 0.25) is 0 Å². The summed E-state index contributed by atoms with van der Waals surface area (Å²) in [5.41, 5.74) is 1.17. The highest BCUT2D eigenvalue weighted by molar-refractivity contribution is 5.27. The molecule has 0 aromatic heterocycles. The lowest BCUT2D eigenvalue weighted by Crippen LogP contribution is -2.47. The second kappa shape index (κ2) is 6.73. The summed E-state index contributed by atoms with van der Waals surface area (Å²) in [6.45, 7) is 7.09. The Morgan fingerprint density at radius 2 is 2.17 bits per heavy atom. The van der Waals surface area contributed by atoms with Crippen molar-refractivity contribution < 1.29 is 9.84 Å². The Labute approximate surface area is 109 Å². The minimum Gasteiger partial charge on any atom is -0.491 e. The molecular formula is C14H22N2O2. The van der Waals surface area contributed by atoms with E-state index in [-0.39, 0.29) is 0 Å². The number of hydrogen-bond donors (Lipinski definition) is 2. The van der Waals surface area contributed by atoms with Crippen molar-refractivity contribution in [3.05, 3.63) is 29.8 Å². The topological polar surface area (TPSA) is 44.7 Å². The van der Waals surface area contributed by atoms with E-state index < -0.39 is 6.10 Å². The third kappa shape index (κ3) is 4.29. The maximum absolute atomic E-state index is 9.94. The van der Waals surface area contributed by atoms with Crippen molar-refractivity contribution in [1.29, 1.82) is 0 Å². The number of aliphatic hydroxyl groups excluding tert-OH is 1. The van der Waals surface area contributed by atoms with E-state index in [2.05, 4.69) is 10.2 Å². The van der Waals surface area contributed by atoms with Gasteiger partial charge in [0.2, 0.25) is 0 Å². The summed E-state index contributed by atoms with van der Waals surface area (Å²) in [4.78, 5) is 2.26. The molecule has 2 N–H and O–H groups in total. The van der Waals surface area contributed by atoms with Gasteiger partial charge in [0.15, 0.2) is 0 Å². The second-order valence-corrected chi connectivity index (χ2v) is 4.83. The number of aliphatic hydroxyl groups is 1. The third-order valence-corrected chi connectivity index (χ3v) is 3.11. The van der Waals surface area contributed by atoms with Crippen molar-refractivity contribution in [3.63, 3.8) is 0 Å². The summed E-state index contributed by atoms with van der Waals surface area (Å²) in [6.07, 6.45) is -0.427. The van der Waals surface area contributed by atoms with E-state index in [1.54, 1.807) is 0 Å². The predicted octanol–water partition coefficient (Wildman–Crippen LogP) is 0.640. The lowest BCUT2D eigenvalue weighted by Gasteiger charge is -2.29. The van der Waals surface area contributed by atoms with Gasteiger partial charge < -0.3 is 15.2 Å². The molecule has 0 spiro atoms. The standard InChI is InChI=1S/C14H22N2O2/c1-12-3-2-4-14(9-12)18-11-13(17)10-16-7-5-15-6-8-16/h2-4,9,13,15,17H,5-8,10-11H2,1H3/t13-/m1/s1. The molecule has 1 aliphatic heterocycles. The van der Waals surface area contributed by atoms with Crippen LogP contribution in [0.25, 0.3) is 0 Å². The number of aryl methyl sites for hydroxylation is 1. The highest BCUT2D eigenvalue weighted by atomic mass is 16.5. The molecule has 1 atom stereocenters. The van der Waals surface area contributed by atoms with E-state index in [0.29, 0.717) is 13.2 Å². The van der Waals surface area contributed by atoms with E-state index in [1.165, 1.54) is 5.56 Å². The van der Waals surface area contributed by atoms with Crippen molar-refractivity contribution >= 4 is 0 Å². The van der Waals surface area contributed by atoms with Gasteiger partial charge in [-0.05, 0) is 24.6 Å². The Balaban J connectivity index is 1.72. The van der Waals surface area contributed by atoms with E-state index in [9.17, 15) is 5.11 Å². The maximum atomic E-state index is 9.94. The van der Waals surface area contributed by atoms with Crippen LogP contribution in [0.15, 0.2) is 24.3 Å².